The highest BCUT2D eigenvalue weighted by atomic mass is 16.5. The Morgan fingerprint density at radius 2 is 2.44 bits per heavy atom. The van der Waals surface area contributed by atoms with E-state index in [2.05, 4.69) is 11.9 Å². The largest absolute Gasteiger partial charge is 0.376 e. The Bertz CT molecular complexity index is 364. The lowest BCUT2D eigenvalue weighted by molar-refractivity contribution is -0.136. The smallest absolute Gasteiger partial charge is 0.242 e. The van der Waals surface area contributed by atoms with Crippen molar-refractivity contribution in [2.45, 2.75) is 38.8 Å². The van der Waals surface area contributed by atoms with Crippen molar-refractivity contribution in [2.75, 3.05) is 19.7 Å². The van der Waals surface area contributed by atoms with Gasteiger partial charge >= 0.3 is 0 Å². The van der Waals surface area contributed by atoms with E-state index in [1.165, 1.54) is 0 Å². The number of carbonyl (C=O) groups excluding carboxylic acids is 1. The van der Waals surface area contributed by atoms with Crippen LogP contribution in [0.15, 0.2) is 18.7 Å². The van der Waals surface area contributed by atoms with Crippen molar-refractivity contribution in [2.24, 2.45) is 0 Å². The molecule has 2 rings (SSSR count). The number of imidazole rings is 1. The molecule has 2 heterocycles. The monoisotopic (exact) mass is 251 g/mol. The number of carbonyl (C=O) groups is 1. The van der Waals surface area contributed by atoms with Gasteiger partial charge in [0, 0.05) is 32.1 Å². The molecule has 18 heavy (non-hydrogen) atoms. The van der Waals surface area contributed by atoms with Gasteiger partial charge in [-0.2, -0.15) is 0 Å². The van der Waals surface area contributed by atoms with Crippen LogP contribution in [0.5, 0.6) is 0 Å². The lowest BCUT2D eigenvalue weighted by atomic mass is 10.1. The van der Waals surface area contributed by atoms with Crippen molar-refractivity contribution in [3.63, 3.8) is 0 Å². The zero-order chi connectivity index (χ0) is 12.8. The van der Waals surface area contributed by atoms with Crippen LogP contribution in [0, 0.1) is 0 Å². The summed E-state index contributed by atoms with van der Waals surface area (Å²) in [5.74, 6) is 0.151. The molecule has 100 valence electrons. The molecule has 1 aromatic heterocycles. The summed E-state index contributed by atoms with van der Waals surface area (Å²) in [5.41, 5.74) is 0. The molecule has 0 spiro atoms. The van der Waals surface area contributed by atoms with Crippen molar-refractivity contribution < 1.29 is 9.53 Å². The molecular weight excluding hydrogens is 230 g/mol. The number of amides is 1. The zero-order valence-corrected chi connectivity index (χ0v) is 10.9. The predicted octanol–water partition coefficient (Wildman–Crippen LogP) is 1.30. The number of nitrogens with zero attached hydrogens (tertiary/aromatic N) is 3. The molecule has 5 nitrogen and oxygen atoms in total. The second-order valence-electron chi connectivity index (χ2n) is 4.71. The number of ether oxygens (including phenoxy) is 1. The summed E-state index contributed by atoms with van der Waals surface area (Å²) in [7, 11) is 0. The maximum absolute atomic E-state index is 12.1. The Morgan fingerprint density at radius 1 is 1.56 bits per heavy atom. The highest BCUT2D eigenvalue weighted by Crippen LogP contribution is 2.14. The van der Waals surface area contributed by atoms with E-state index >= 15 is 0 Å². The first-order valence-electron chi connectivity index (χ1n) is 6.64. The SMILES string of the molecule is CCCO[C@@H]1CCCN(C(=O)Cn2ccnc2)C1. The second-order valence-corrected chi connectivity index (χ2v) is 4.71. The van der Waals surface area contributed by atoms with Crippen LogP contribution in [-0.4, -0.2) is 46.2 Å². The molecule has 1 aliphatic rings. The van der Waals surface area contributed by atoms with Crippen LogP contribution >= 0.6 is 0 Å². The molecule has 0 radical (unpaired) electrons. The van der Waals surface area contributed by atoms with Gasteiger partial charge in [0.05, 0.1) is 12.4 Å². The van der Waals surface area contributed by atoms with Gasteiger partial charge in [-0.3, -0.25) is 4.79 Å². The Labute approximate surface area is 108 Å². The number of rotatable bonds is 5. The Hall–Kier alpha value is -1.36. The van der Waals surface area contributed by atoms with Gasteiger partial charge in [-0.25, -0.2) is 4.98 Å². The third-order valence-corrected chi connectivity index (χ3v) is 3.17. The predicted molar refractivity (Wildman–Crippen MR) is 68.1 cm³/mol. The first kappa shape index (κ1) is 13.1. The van der Waals surface area contributed by atoms with Gasteiger partial charge in [-0.05, 0) is 19.3 Å². The van der Waals surface area contributed by atoms with Crippen LogP contribution in [0.4, 0.5) is 0 Å². The molecule has 1 saturated heterocycles. The number of piperidine rings is 1. The minimum absolute atomic E-state index is 0.151. The van der Waals surface area contributed by atoms with Crippen LogP contribution in [0.1, 0.15) is 26.2 Å². The highest BCUT2D eigenvalue weighted by molar-refractivity contribution is 5.76. The second kappa shape index (κ2) is 6.54. The fraction of sp³-hybridized carbons (Fsp3) is 0.692. The molecule has 0 bridgehead atoms. The lowest BCUT2D eigenvalue weighted by Crippen LogP contribution is -2.44. The summed E-state index contributed by atoms with van der Waals surface area (Å²) < 4.78 is 7.54. The molecule has 1 atom stereocenters. The summed E-state index contributed by atoms with van der Waals surface area (Å²) >= 11 is 0. The van der Waals surface area contributed by atoms with E-state index in [1.54, 1.807) is 17.1 Å². The van der Waals surface area contributed by atoms with Gasteiger partial charge in [0.15, 0.2) is 0 Å². The summed E-state index contributed by atoms with van der Waals surface area (Å²) in [6.07, 6.45) is 8.51. The molecule has 0 aromatic carbocycles. The van der Waals surface area contributed by atoms with E-state index in [0.29, 0.717) is 6.54 Å². The van der Waals surface area contributed by atoms with Crippen LogP contribution < -0.4 is 0 Å². The first-order valence-corrected chi connectivity index (χ1v) is 6.64. The van der Waals surface area contributed by atoms with E-state index in [0.717, 1.165) is 39.0 Å². The van der Waals surface area contributed by atoms with Gasteiger partial charge in [0.25, 0.3) is 0 Å². The Morgan fingerprint density at radius 3 is 3.17 bits per heavy atom. The summed E-state index contributed by atoms with van der Waals surface area (Å²) in [6.45, 7) is 4.84. The van der Waals surface area contributed by atoms with Crippen molar-refractivity contribution >= 4 is 5.91 Å². The van der Waals surface area contributed by atoms with Crippen LogP contribution in [0.2, 0.25) is 0 Å². The van der Waals surface area contributed by atoms with Crippen LogP contribution in [-0.2, 0) is 16.1 Å². The molecule has 1 aliphatic heterocycles. The van der Waals surface area contributed by atoms with Gasteiger partial charge in [-0.1, -0.05) is 6.92 Å². The average molecular weight is 251 g/mol. The molecule has 0 unspecified atom stereocenters. The van der Waals surface area contributed by atoms with Gasteiger partial charge < -0.3 is 14.2 Å². The van der Waals surface area contributed by atoms with Crippen molar-refractivity contribution in [3.8, 4) is 0 Å². The number of likely N-dealkylation sites (tertiary alicyclic amines) is 1. The topological polar surface area (TPSA) is 47.4 Å². The third kappa shape index (κ3) is 3.57. The zero-order valence-electron chi connectivity index (χ0n) is 10.9. The highest BCUT2D eigenvalue weighted by Gasteiger charge is 2.23. The summed E-state index contributed by atoms with van der Waals surface area (Å²) in [6, 6.07) is 0. The molecule has 0 aliphatic carbocycles. The number of hydrogen-bond acceptors (Lipinski definition) is 3. The van der Waals surface area contributed by atoms with Crippen molar-refractivity contribution in [1.82, 2.24) is 14.5 Å². The lowest BCUT2D eigenvalue weighted by Gasteiger charge is -2.32. The van der Waals surface area contributed by atoms with Gasteiger partial charge in [-0.15, -0.1) is 0 Å². The molecule has 5 heteroatoms. The minimum atomic E-state index is 0.151. The van der Waals surface area contributed by atoms with E-state index in [4.69, 9.17) is 4.74 Å². The third-order valence-electron chi connectivity index (χ3n) is 3.17. The number of aromatic nitrogens is 2. The van der Waals surface area contributed by atoms with E-state index in [1.807, 2.05) is 11.1 Å². The fourth-order valence-electron chi connectivity index (χ4n) is 2.22. The Kier molecular flexibility index (Phi) is 4.75. The molecule has 1 amide bonds. The van der Waals surface area contributed by atoms with Crippen LogP contribution in [0.25, 0.3) is 0 Å². The minimum Gasteiger partial charge on any atom is -0.376 e. The van der Waals surface area contributed by atoms with E-state index in [9.17, 15) is 4.79 Å². The van der Waals surface area contributed by atoms with Crippen molar-refractivity contribution in [1.29, 1.82) is 0 Å². The van der Waals surface area contributed by atoms with Crippen LogP contribution in [0.3, 0.4) is 0 Å². The maximum atomic E-state index is 12.1. The summed E-state index contributed by atoms with van der Waals surface area (Å²) in [5, 5.41) is 0. The molecule has 0 N–H and O–H groups in total. The quantitative estimate of drug-likeness (QED) is 0.792. The molecular formula is C13H21N3O2. The fourth-order valence-corrected chi connectivity index (χ4v) is 2.22. The van der Waals surface area contributed by atoms with E-state index in [-0.39, 0.29) is 12.0 Å². The summed E-state index contributed by atoms with van der Waals surface area (Å²) in [4.78, 5) is 18.0. The molecule has 0 saturated carbocycles. The number of hydrogen-bond donors (Lipinski definition) is 0. The Balaban J connectivity index is 1.82. The average Bonchev–Trinajstić information content (AvgIpc) is 2.89. The van der Waals surface area contributed by atoms with E-state index < -0.39 is 0 Å². The van der Waals surface area contributed by atoms with Gasteiger partial charge in [0.2, 0.25) is 5.91 Å². The first-order chi connectivity index (χ1) is 8.79. The molecule has 1 fully saturated rings. The standard InChI is InChI=1S/C13H21N3O2/c1-2-8-18-12-4-3-6-16(9-12)13(17)10-15-7-5-14-11-15/h5,7,11-12H,2-4,6,8-10H2,1H3/t12-/m1/s1. The van der Waals surface area contributed by atoms with Crippen molar-refractivity contribution in [3.05, 3.63) is 18.7 Å². The maximum Gasteiger partial charge on any atom is 0.242 e. The van der Waals surface area contributed by atoms with Gasteiger partial charge in [0.1, 0.15) is 6.54 Å². The normalized spacial score (nSPS) is 20.1. The molecule has 1 aromatic rings.